The zero-order valence-electron chi connectivity index (χ0n) is 17.1. The summed E-state index contributed by atoms with van der Waals surface area (Å²) in [4.78, 5) is 30.2. The Labute approximate surface area is 178 Å². The molecule has 0 aliphatic rings. The van der Waals surface area contributed by atoms with Crippen molar-refractivity contribution < 1.29 is 34.1 Å². The van der Waals surface area contributed by atoms with Crippen molar-refractivity contribution in [3.05, 3.63) is 93.1 Å². The summed E-state index contributed by atoms with van der Waals surface area (Å²) in [6, 6.07) is 10.0. The van der Waals surface area contributed by atoms with Crippen molar-refractivity contribution in [1.82, 2.24) is 0 Å². The minimum absolute atomic E-state index is 0.0465. The van der Waals surface area contributed by atoms with E-state index < -0.39 is 17.9 Å². The van der Waals surface area contributed by atoms with E-state index in [2.05, 4.69) is 42.4 Å². The van der Waals surface area contributed by atoms with Crippen molar-refractivity contribution in [2.24, 2.45) is 0 Å². The maximum absolute atomic E-state index is 10.3. The van der Waals surface area contributed by atoms with Gasteiger partial charge in [-0.15, -0.1) is 0 Å². The van der Waals surface area contributed by atoms with Gasteiger partial charge < -0.3 is 19.7 Å². The topological polar surface area (TPSA) is 110 Å². The van der Waals surface area contributed by atoms with Gasteiger partial charge in [-0.25, -0.2) is 9.59 Å². The first-order chi connectivity index (χ1) is 14.3. The smallest absolute Gasteiger partial charge is 0.330 e. The lowest BCUT2D eigenvalue weighted by Crippen LogP contribution is -2.06. The maximum atomic E-state index is 10.3. The Morgan fingerprint density at radius 3 is 1.60 bits per heavy atom. The third-order valence-corrected chi connectivity index (χ3v) is 2.43. The van der Waals surface area contributed by atoms with Crippen LogP contribution in [0.4, 0.5) is 0 Å². The van der Waals surface area contributed by atoms with Crippen molar-refractivity contribution in [3.8, 4) is 0 Å². The number of ether oxygens (including phenoxy) is 2. The van der Waals surface area contributed by atoms with Crippen molar-refractivity contribution in [2.45, 2.75) is 6.42 Å². The van der Waals surface area contributed by atoms with Crippen molar-refractivity contribution in [2.75, 3.05) is 19.8 Å². The molecule has 0 heterocycles. The number of allylic oxidation sites excluding steroid dienone is 2. The Balaban J connectivity index is -0.000000337. The number of aliphatic hydroxyl groups excluding tert-OH is 1. The van der Waals surface area contributed by atoms with E-state index in [1.54, 1.807) is 12.2 Å². The predicted molar refractivity (Wildman–Crippen MR) is 119 cm³/mol. The molecule has 1 aromatic carbocycles. The van der Waals surface area contributed by atoms with E-state index >= 15 is 0 Å². The van der Waals surface area contributed by atoms with Crippen LogP contribution >= 0.6 is 0 Å². The van der Waals surface area contributed by atoms with Gasteiger partial charge in [-0.1, -0.05) is 81.5 Å². The first kappa shape index (κ1) is 31.0. The molecule has 2 N–H and O–H groups in total. The van der Waals surface area contributed by atoms with Crippen LogP contribution in [-0.4, -0.2) is 47.9 Å². The molecule has 1 rings (SSSR count). The number of aliphatic hydroxyl groups is 1. The highest BCUT2D eigenvalue weighted by Gasteiger charge is 1.98. The summed E-state index contributed by atoms with van der Waals surface area (Å²) in [6.45, 7) is 16.5. The molecule has 0 aliphatic carbocycles. The van der Waals surface area contributed by atoms with Crippen LogP contribution in [0.3, 0.4) is 0 Å². The number of hydrogen-bond donors (Lipinski definition) is 2. The lowest BCUT2D eigenvalue weighted by atomic mass is 10.2. The third kappa shape index (κ3) is 29.1. The Kier molecular flexibility index (Phi) is 26.1. The first-order valence-corrected chi connectivity index (χ1v) is 8.64. The van der Waals surface area contributed by atoms with Gasteiger partial charge in [0.05, 0.1) is 13.0 Å². The Morgan fingerprint density at radius 1 is 0.833 bits per heavy atom. The van der Waals surface area contributed by atoms with E-state index in [1.165, 1.54) is 5.56 Å². The average molecular weight is 418 g/mol. The van der Waals surface area contributed by atoms with Crippen LogP contribution in [-0.2, 0) is 23.9 Å². The number of esters is 2. The van der Waals surface area contributed by atoms with Crippen LogP contribution in [0.25, 0.3) is 6.08 Å². The van der Waals surface area contributed by atoms with Crippen LogP contribution in [0.15, 0.2) is 87.5 Å². The molecule has 0 spiro atoms. The molecule has 0 aromatic heterocycles. The molecule has 0 saturated heterocycles. The summed E-state index contributed by atoms with van der Waals surface area (Å²) in [7, 11) is 0. The van der Waals surface area contributed by atoms with Gasteiger partial charge in [0.25, 0.3) is 0 Å². The van der Waals surface area contributed by atoms with Gasteiger partial charge in [-0.2, -0.15) is 0 Å². The molecule has 1 aromatic rings. The second kappa shape index (κ2) is 25.3. The highest BCUT2D eigenvalue weighted by molar-refractivity contribution is 5.81. The fraction of sp³-hybridized carbons (Fsp3) is 0.174. The van der Waals surface area contributed by atoms with Gasteiger partial charge in [0, 0.05) is 12.2 Å². The number of carboxylic acid groups (broad SMARTS) is 1. The van der Waals surface area contributed by atoms with Crippen LogP contribution in [0.2, 0.25) is 0 Å². The number of carboxylic acids is 1. The summed E-state index contributed by atoms with van der Waals surface area (Å²) >= 11 is 0. The molecule has 30 heavy (non-hydrogen) atoms. The van der Waals surface area contributed by atoms with Crippen molar-refractivity contribution in [3.63, 3.8) is 0 Å². The molecule has 0 saturated carbocycles. The monoisotopic (exact) mass is 418 g/mol. The Bertz CT molecular complexity index is 643. The van der Waals surface area contributed by atoms with E-state index in [0.717, 1.165) is 12.2 Å². The number of carbonyl (C=O) groups is 3. The minimum atomic E-state index is -0.989. The molecule has 0 radical (unpaired) electrons. The minimum Gasteiger partial charge on any atom is -0.481 e. The normalized spacial score (nSPS) is 7.90. The second-order valence-corrected chi connectivity index (χ2v) is 4.70. The standard InChI is InChI=1S/C8H8.C6H8O4.C5H8O3.C4H6/c1-2-8-6-4-3-5-7-8;1-2-6(9)10-4-3-5(7)8;1-2-5(7)8-4-3-6;1-3-4-2/h2-7H,1H2;2H,1,3-4H2,(H,7,8);2,6H,1,3-4H2;3-4H,1-2H2. The second-order valence-electron chi connectivity index (χ2n) is 4.70. The lowest BCUT2D eigenvalue weighted by Gasteiger charge is -1.96. The summed E-state index contributed by atoms with van der Waals surface area (Å²) in [5.41, 5.74) is 1.17. The van der Waals surface area contributed by atoms with E-state index in [9.17, 15) is 14.4 Å². The maximum Gasteiger partial charge on any atom is 0.330 e. The van der Waals surface area contributed by atoms with Crippen molar-refractivity contribution in [1.29, 1.82) is 0 Å². The molecule has 7 heteroatoms. The number of rotatable bonds is 9. The summed E-state index contributed by atoms with van der Waals surface area (Å²) in [5, 5.41) is 16.2. The largest absolute Gasteiger partial charge is 0.481 e. The molecule has 0 bridgehead atoms. The Hall–Kier alpha value is -3.71. The van der Waals surface area contributed by atoms with E-state index in [-0.39, 0.29) is 26.2 Å². The van der Waals surface area contributed by atoms with E-state index in [4.69, 9.17) is 10.2 Å². The quantitative estimate of drug-likeness (QED) is 0.358. The summed E-state index contributed by atoms with van der Waals surface area (Å²) in [5.74, 6) is -2.09. The fourth-order valence-electron chi connectivity index (χ4n) is 1.09. The molecule has 0 amide bonds. The van der Waals surface area contributed by atoms with Crippen LogP contribution in [0.1, 0.15) is 12.0 Å². The van der Waals surface area contributed by atoms with Crippen molar-refractivity contribution >= 4 is 24.0 Å². The van der Waals surface area contributed by atoms with Crippen LogP contribution in [0.5, 0.6) is 0 Å². The molecule has 0 fully saturated rings. The summed E-state index contributed by atoms with van der Waals surface area (Å²) in [6.07, 6.45) is 6.98. The molecule has 0 atom stereocenters. The van der Waals surface area contributed by atoms with Crippen LogP contribution < -0.4 is 0 Å². The Morgan fingerprint density at radius 2 is 1.30 bits per heavy atom. The van der Waals surface area contributed by atoms with Gasteiger partial charge >= 0.3 is 17.9 Å². The molecule has 0 unspecified atom stereocenters. The van der Waals surface area contributed by atoms with Gasteiger partial charge in [0.2, 0.25) is 0 Å². The van der Waals surface area contributed by atoms with Gasteiger partial charge in [0.1, 0.15) is 13.2 Å². The number of benzene rings is 1. The number of aliphatic carboxylic acids is 1. The predicted octanol–water partition coefficient (Wildman–Crippen LogP) is 3.59. The number of carbonyl (C=O) groups excluding carboxylic acids is 2. The number of hydrogen-bond acceptors (Lipinski definition) is 6. The third-order valence-electron chi connectivity index (χ3n) is 2.43. The highest BCUT2D eigenvalue weighted by atomic mass is 16.5. The molecule has 0 aliphatic heterocycles. The van der Waals surface area contributed by atoms with Gasteiger partial charge in [0.15, 0.2) is 0 Å². The van der Waals surface area contributed by atoms with E-state index in [0.29, 0.717) is 0 Å². The summed E-state index contributed by atoms with van der Waals surface area (Å²) < 4.78 is 8.70. The fourth-order valence-corrected chi connectivity index (χ4v) is 1.09. The zero-order valence-corrected chi connectivity index (χ0v) is 17.1. The highest BCUT2D eigenvalue weighted by Crippen LogP contribution is 1.97. The molecule has 164 valence electrons. The van der Waals surface area contributed by atoms with Crippen LogP contribution in [0, 0.1) is 0 Å². The average Bonchev–Trinajstić information content (AvgIpc) is 2.78. The van der Waals surface area contributed by atoms with Gasteiger partial charge in [-0.3, -0.25) is 4.79 Å². The van der Waals surface area contributed by atoms with Gasteiger partial charge in [-0.05, 0) is 5.56 Å². The molecule has 7 nitrogen and oxygen atoms in total. The lowest BCUT2D eigenvalue weighted by molar-refractivity contribution is -0.143. The zero-order chi connectivity index (χ0) is 23.6. The molecular formula is C23H30O7. The first-order valence-electron chi connectivity index (χ1n) is 8.64. The molecular weight excluding hydrogens is 388 g/mol. The van der Waals surface area contributed by atoms with E-state index in [1.807, 2.05) is 36.4 Å². The SMILES string of the molecule is C=CC(=O)OCCC(=O)O.C=CC(=O)OCCO.C=CC=C.C=Cc1ccccc1.